The highest BCUT2D eigenvalue weighted by atomic mass is 16.6. The number of cyclic esters (lactones) is 1. The number of amides is 2. The van der Waals surface area contributed by atoms with Crippen LogP contribution in [0.25, 0.3) is 0 Å². The van der Waals surface area contributed by atoms with Gasteiger partial charge in [0.25, 0.3) is 0 Å². The molecule has 0 saturated heterocycles. The van der Waals surface area contributed by atoms with Crippen molar-refractivity contribution in [3.8, 4) is 0 Å². The summed E-state index contributed by atoms with van der Waals surface area (Å²) in [7, 11) is 0. The van der Waals surface area contributed by atoms with Crippen LogP contribution in [0.5, 0.6) is 0 Å². The minimum absolute atomic E-state index is 0.0990. The second-order valence-electron chi connectivity index (χ2n) is 7.42. The summed E-state index contributed by atoms with van der Waals surface area (Å²) in [5.74, 6) is -2.04. The molecule has 0 bridgehead atoms. The molecule has 2 amide bonds. The Morgan fingerprint density at radius 2 is 1.76 bits per heavy atom. The molecule has 2 atom stereocenters. The fourth-order valence-electron chi connectivity index (χ4n) is 3.78. The van der Waals surface area contributed by atoms with E-state index >= 15 is 0 Å². The van der Waals surface area contributed by atoms with Crippen molar-refractivity contribution in [2.24, 2.45) is 0 Å². The number of nitrogens with one attached hydrogen (secondary N) is 2. The van der Waals surface area contributed by atoms with Gasteiger partial charge in [0.05, 0.1) is 29.5 Å². The van der Waals surface area contributed by atoms with Crippen LogP contribution < -0.4 is 10.6 Å². The zero-order valence-electron chi connectivity index (χ0n) is 17.8. The van der Waals surface area contributed by atoms with Crippen LogP contribution in [-0.4, -0.2) is 43.3 Å². The predicted octanol–water partition coefficient (Wildman–Crippen LogP) is 2.18. The Balaban J connectivity index is 1.56. The number of ether oxygens (including phenoxy) is 3. The van der Waals surface area contributed by atoms with E-state index in [2.05, 4.69) is 10.6 Å². The summed E-state index contributed by atoms with van der Waals surface area (Å²) in [5.41, 5.74) is 1.98. The van der Waals surface area contributed by atoms with Gasteiger partial charge < -0.3 is 24.8 Å². The summed E-state index contributed by atoms with van der Waals surface area (Å²) < 4.78 is 15.7. The highest BCUT2D eigenvalue weighted by molar-refractivity contribution is 5.96. The van der Waals surface area contributed by atoms with Crippen molar-refractivity contribution >= 4 is 23.9 Å². The number of hydrogen-bond acceptors (Lipinski definition) is 7. The van der Waals surface area contributed by atoms with Crippen LogP contribution in [0.2, 0.25) is 0 Å². The number of carbonyl (C=O) groups is 4. The van der Waals surface area contributed by atoms with Crippen LogP contribution in [0, 0.1) is 0 Å². The normalized spacial score (nSPS) is 19.5. The van der Waals surface area contributed by atoms with Gasteiger partial charge in [-0.05, 0) is 24.1 Å². The van der Waals surface area contributed by atoms with Gasteiger partial charge >= 0.3 is 23.9 Å². The molecule has 0 unspecified atom stereocenters. The van der Waals surface area contributed by atoms with Gasteiger partial charge in [0.15, 0.2) is 0 Å². The van der Waals surface area contributed by atoms with E-state index < -0.39 is 42.7 Å². The molecule has 0 radical (unpaired) electrons. The van der Waals surface area contributed by atoms with E-state index in [9.17, 15) is 19.2 Å². The first-order valence-corrected chi connectivity index (χ1v) is 10.5. The number of rotatable bonds is 6. The molecule has 33 heavy (non-hydrogen) atoms. The molecule has 2 aliphatic heterocycles. The first kappa shape index (κ1) is 22.1. The van der Waals surface area contributed by atoms with Crippen LogP contribution in [-0.2, 0) is 30.2 Å². The summed E-state index contributed by atoms with van der Waals surface area (Å²) in [6, 6.07) is 14.4. The maximum absolute atomic E-state index is 12.7. The number of esters is 3. The minimum Gasteiger partial charge on any atom is -0.463 e. The highest BCUT2D eigenvalue weighted by Crippen LogP contribution is 2.28. The maximum atomic E-state index is 12.7. The average molecular weight is 450 g/mol. The predicted molar refractivity (Wildman–Crippen MR) is 115 cm³/mol. The fourth-order valence-corrected chi connectivity index (χ4v) is 3.78. The van der Waals surface area contributed by atoms with Gasteiger partial charge in [-0.15, -0.1) is 0 Å². The molecule has 2 aromatic carbocycles. The smallest absolute Gasteiger partial charge is 0.348 e. The lowest BCUT2D eigenvalue weighted by Crippen LogP contribution is -2.47. The summed E-state index contributed by atoms with van der Waals surface area (Å²) in [6.45, 7) is 1.39. The van der Waals surface area contributed by atoms with Gasteiger partial charge in [-0.1, -0.05) is 48.5 Å². The van der Waals surface area contributed by atoms with Crippen LogP contribution in [0.4, 0.5) is 4.79 Å². The molecular formula is C24H22N2O7. The molecule has 170 valence electrons. The third-order valence-corrected chi connectivity index (χ3v) is 5.30. The zero-order valence-corrected chi connectivity index (χ0v) is 17.8. The quantitative estimate of drug-likeness (QED) is 0.511. The van der Waals surface area contributed by atoms with Crippen molar-refractivity contribution in [1.82, 2.24) is 10.6 Å². The Hall–Kier alpha value is -4.14. The molecule has 2 N–H and O–H groups in total. The Morgan fingerprint density at radius 3 is 2.52 bits per heavy atom. The Bertz CT molecular complexity index is 1130. The zero-order chi connectivity index (χ0) is 23.4. The number of fused-ring (bicyclic) bond motifs is 1. The van der Waals surface area contributed by atoms with Crippen molar-refractivity contribution in [1.29, 1.82) is 0 Å². The molecule has 0 saturated carbocycles. The van der Waals surface area contributed by atoms with E-state index in [1.165, 1.54) is 0 Å². The molecule has 2 aromatic rings. The third-order valence-electron chi connectivity index (χ3n) is 5.30. The molecule has 2 heterocycles. The Morgan fingerprint density at radius 1 is 1.03 bits per heavy atom. The molecule has 0 fully saturated rings. The molecule has 0 aliphatic carbocycles. The van der Waals surface area contributed by atoms with E-state index in [4.69, 9.17) is 14.2 Å². The minimum atomic E-state index is -1.12. The first-order chi connectivity index (χ1) is 16.0. The lowest BCUT2D eigenvalue weighted by molar-refractivity contribution is -0.153. The lowest BCUT2D eigenvalue weighted by Gasteiger charge is -2.29. The second kappa shape index (κ2) is 9.56. The van der Waals surface area contributed by atoms with Gasteiger partial charge in [0.1, 0.15) is 6.61 Å². The van der Waals surface area contributed by atoms with E-state index in [1.54, 1.807) is 55.5 Å². The molecule has 9 heteroatoms. The highest BCUT2D eigenvalue weighted by Gasteiger charge is 2.36. The van der Waals surface area contributed by atoms with Crippen molar-refractivity contribution in [2.45, 2.75) is 25.5 Å². The van der Waals surface area contributed by atoms with Crippen molar-refractivity contribution in [3.05, 3.63) is 82.6 Å². The monoisotopic (exact) mass is 450 g/mol. The van der Waals surface area contributed by atoms with Gasteiger partial charge in [-0.3, -0.25) is 0 Å². The fraction of sp³-hybridized carbons (Fsp3) is 0.250. The van der Waals surface area contributed by atoms with Crippen molar-refractivity contribution in [2.75, 3.05) is 13.2 Å². The molecular weight excluding hydrogens is 428 g/mol. The molecule has 9 nitrogen and oxygen atoms in total. The van der Waals surface area contributed by atoms with Crippen LogP contribution in [0.3, 0.4) is 0 Å². The number of benzene rings is 2. The Kier molecular flexibility index (Phi) is 6.39. The van der Waals surface area contributed by atoms with E-state index in [-0.39, 0.29) is 24.3 Å². The van der Waals surface area contributed by atoms with Crippen LogP contribution in [0.1, 0.15) is 34.5 Å². The molecule has 2 aliphatic rings. The second-order valence-corrected chi connectivity index (χ2v) is 7.42. The largest absolute Gasteiger partial charge is 0.463 e. The number of carbonyl (C=O) groups excluding carboxylic acids is 4. The van der Waals surface area contributed by atoms with Crippen molar-refractivity contribution < 1.29 is 33.4 Å². The van der Waals surface area contributed by atoms with Gasteiger partial charge in [0.2, 0.25) is 6.10 Å². The van der Waals surface area contributed by atoms with Gasteiger partial charge in [0, 0.05) is 6.42 Å². The van der Waals surface area contributed by atoms with Gasteiger partial charge in [-0.2, -0.15) is 0 Å². The summed E-state index contributed by atoms with van der Waals surface area (Å²) in [5, 5.41) is 5.23. The summed E-state index contributed by atoms with van der Waals surface area (Å²) in [6.07, 6.45) is -0.952. The topological polar surface area (TPSA) is 120 Å². The van der Waals surface area contributed by atoms with Crippen molar-refractivity contribution in [3.63, 3.8) is 0 Å². The SMILES string of the molecule is CCOC(=O)C1=C(COC(=O)[C@@H]2Cc3ccccc3C(=O)O2)NC(=O)N[C@H]1c1ccccc1. The van der Waals surface area contributed by atoms with Crippen LogP contribution in [0.15, 0.2) is 65.9 Å². The molecule has 0 spiro atoms. The number of urea groups is 1. The lowest BCUT2D eigenvalue weighted by atomic mass is 9.95. The number of hydrogen-bond donors (Lipinski definition) is 2. The van der Waals surface area contributed by atoms with Gasteiger partial charge in [-0.25, -0.2) is 19.2 Å². The Labute approximate surface area is 189 Å². The first-order valence-electron chi connectivity index (χ1n) is 10.5. The molecule has 4 rings (SSSR count). The summed E-state index contributed by atoms with van der Waals surface area (Å²) in [4.78, 5) is 49.9. The van der Waals surface area contributed by atoms with E-state index in [0.717, 1.165) is 0 Å². The summed E-state index contributed by atoms with van der Waals surface area (Å²) >= 11 is 0. The molecule has 0 aromatic heterocycles. The maximum Gasteiger partial charge on any atom is 0.348 e. The van der Waals surface area contributed by atoms with E-state index in [1.807, 2.05) is 6.07 Å². The van der Waals surface area contributed by atoms with E-state index in [0.29, 0.717) is 16.7 Å². The average Bonchev–Trinajstić information content (AvgIpc) is 2.82. The standard InChI is InChI=1S/C24H22N2O7/c1-2-31-23(29)19-17(25-24(30)26-20(19)14-8-4-3-5-9-14)13-32-22(28)18-12-15-10-6-7-11-16(15)21(27)33-18/h3-11,18,20H,2,12-13H2,1H3,(H2,25,26,30)/t18-,20-/m0/s1. The van der Waals surface area contributed by atoms with Crippen LogP contribution >= 0.6 is 0 Å². The third kappa shape index (κ3) is 4.72.